The zero-order chi connectivity index (χ0) is 36.8. The van der Waals surface area contributed by atoms with E-state index in [-0.39, 0.29) is 52.9 Å². The number of anilines is 1. The summed E-state index contributed by atoms with van der Waals surface area (Å²) in [6, 6.07) is 14.0. The monoisotopic (exact) mass is 769 g/mol. The molecule has 2 aromatic rings. The average Bonchev–Trinajstić information content (AvgIpc) is 3.33. The first-order chi connectivity index (χ1) is 24.7. The van der Waals surface area contributed by atoms with Gasteiger partial charge >= 0.3 is 0 Å². The second kappa shape index (κ2) is 14.5. The molecular weight excluding hydrogens is 722 g/mol. The molecule has 3 aliphatic heterocycles. The van der Waals surface area contributed by atoms with Crippen LogP contribution in [0.4, 0.5) is 5.69 Å². The molecule has 13 heteroatoms. The third kappa shape index (κ3) is 7.70. The molecule has 7 atom stereocenters. The largest absolute Gasteiger partial charge is 0.483 e. The molecule has 2 bridgehead atoms. The lowest BCUT2D eigenvalue weighted by atomic mass is 9.64. The Bertz CT molecular complexity index is 2010. The minimum Gasteiger partial charge on any atom is -0.483 e. The number of hydrogen-bond donors (Lipinski definition) is 3. The molecule has 2 aliphatic carbocycles. The van der Waals surface area contributed by atoms with Crippen LogP contribution >= 0.6 is 11.6 Å². The van der Waals surface area contributed by atoms with Crippen molar-refractivity contribution in [3.05, 3.63) is 70.3 Å². The van der Waals surface area contributed by atoms with Crippen LogP contribution in [0.3, 0.4) is 0 Å². The number of nitrogens with one attached hydrogen (secondary N) is 2. The molecule has 0 aromatic heterocycles. The van der Waals surface area contributed by atoms with Gasteiger partial charge in [-0.05, 0) is 124 Å². The van der Waals surface area contributed by atoms with Crippen LogP contribution in [-0.4, -0.2) is 69.3 Å². The number of aryl methyl sites for hydroxylation is 1. The summed E-state index contributed by atoms with van der Waals surface area (Å²) in [5.41, 5.74) is 1.72. The topological polar surface area (TPSA) is 142 Å². The minimum atomic E-state index is -4.04. The number of nitrogens with zero attached hydrogens (tertiary/aromatic N) is 1. The minimum absolute atomic E-state index is 0.0622. The molecule has 2 aromatic carbocycles. The maximum atomic E-state index is 13.5. The van der Waals surface area contributed by atoms with Crippen molar-refractivity contribution in [1.82, 2.24) is 10.0 Å². The smallest absolute Gasteiger partial charge is 0.264 e. The van der Waals surface area contributed by atoms with E-state index in [9.17, 15) is 26.7 Å². The van der Waals surface area contributed by atoms with Crippen LogP contribution < -0.4 is 19.7 Å². The standard InChI is InChI=1S/C39H48ClN3O7S2/c1-25-5-4-16-39(45,17-18-41-32-14-19-51(46,47)20-15-32)34-12-8-29(34)23-43-24-30-7-3-6-27-21-31(40)10-11-33(27)37(30)50-36-13-9-28(22-35(36)43)38(44)42-52(48,49)26(25)2/h4,9-11,13,16,21-22,25-26,29-30,32,34,37,41,45H,3,5-8,12,14-15,19-20,23-24H2,1-2H3,(H,42,44)/b16-4+/t25-,26+,29-,30+,34+,37?,39-/m0/s1. The van der Waals surface area contributed by atoms with Gasteiger partial charge < -0.3 is 20.1 Å². The summed E-state index contributed by atoms with van der Waals surface area (Å²) in [5, 5.41) is 15.3. The van der Waals surface area contributed by atoms with Crippen molar-refractivity contribution in [2.45, 2.75) is 88.2 Å². The molecular formula is C39H48ClN3O7S2. The summed E-state index contributed by atoms with van der Waals surface area (Å²) in [6.45, 7) is 4.62. The van der Waals surface area contributed by atoms with Crippen LogP contribution in [0, 0.1) is 35.6 Å². The van der Waals surface area contributed by atoms with Crippen molar-refractivity contribution in [3.8, 4) is 17.7 Å². The molecule has 0 spiro atoms. The van der Waals surface area contributed by atoms with E-state index in [1.165, 1.54) is 5.56 Å². The maximum Gasteiger partial charge on any atom is 0.264 e. The van der Waals surface area contributed by atoms with Gasteiger partial charge in [0.2, 0.25) is 10.0 Å². The molecule has 1 saturated carbocycles. The van der Waals surface area contributed by atoms with Crippen molar-refractivity contribution in [2.24, 2.45) is 23.7 Å². The number of allylic oxidation sites excluding steroid dienone is 1. The predicted molar refractivity (Wildman–Crippen MR) is 202 cm³/mol. The highest BCUT2D eigenvalue weighted by Gasteiger charge is 2.46. The van der Waals surface area contributed by atoms with Gasteiger partial charge in [0, 0.05) is 47.6 Å². The van der Waals surface area contributed by atoms with Crippen LogP contribution in [0.1, 0.15) is 86.4 Å². The Labute approximate surface area is 312 Å². The van der Waals surface area contributed by atoms with Gasteiger partial charge in [-0.3, -0.25) is 4.79 Å². The number of sulfonamides is 1. The van der Waals surface area contributed by atoms with E-state index in [1.54, 1.807) is 31.2 Å². The van der Waals surface area contributed by atoms with Crippen LogP contribution in [0.5, 0.6) is 5.75 Å². The molecule has 52 heavy (non-hydrogen) atoms. The summed E-state index contributed by atoms with van der Waals surface area (Å²) in [6.07, 6.45) is 8.99. The summed E-state index contributed by atoms with van der Waals surface area (Å²) < 4.78 is 60.0. The molecule has 5 aliphatic rings. The number of benzene rings is 2. The lowest BCUT2D eigenvalue weighted by Crippen LogP contribution is -2.50. The van der Waals surface area contributed by atoms with Gasteiger partial charge in [0.25, 0.3) is 5.91 Å². The zero-order valence-corrected chi connectivity index (χ0v) is 32.1. The van der Waals surface area contributed by atoms with E-state index in [1.807, 2.05) is 25.1 Å². The Kier molecular flexibility index (Phi) is 10.4. The number of fused-ring (bicyclic) bond motifs is 5. The SMILES string of the molecule is C[C@@H]1[C@@H](C)C/C=C/[C@](O)(C#CNC2CCS(=O)(=O)CC2)[C@@H]2CC[C@H]2CN2C[C@H]3CCCc4cc(Cl)ccc4C3Oc3ccc(cc32)C(=O)NS1(=O)=O. The molecule has 7 rings (SSSR count). The van der Waals surface area contributed by atoms with Gasteiger partial charge in [-0.2, -0.15) is 0 Å². The number of aliphatic hydroxyl groups is 1. The quantitative estimate of drug-likeness (QED) is 0.204. The molecule has 280 valence electrons. The second-order valence-corrected chi connectivity index (χ2v) is 20.3. The lowest BCUT2D eigenvalue weighted by Gasteiger charge is -2.46. The highest BCUT2D eigenvalue weighted by Crippen LogP contribution is 2.48. The Morgan fingerprint density at radius 3 is 2.52 bits per heavy atom. The Balaban J connectivity index is 1.26. The zero-order valence-electron chi connectivity index (χ0n) is 29.7. The fraction of sp³-hybridized carbons (Fsp3) is 0.564. The van der Waals surface area contributed by atoms with E-state index in [0.29, 0.717) is 48.8 Å². The number of sulfone groups is 1. The molecule has 0 radical (unpaired) electrons. The van der Waals surface area contributed by atoms with Gasteiger partial charge in [-0.25, -0.2) is 21.6 Å². The van der Waals surface area contributed by atoms with Crippen molar-refractivity contribution >= 4 is 43.1 Å². The van der Waals surface area contributed by atoms with E-state index < -0.39 is 36.6 Å². The van der Waals surface area contributed by atoms with Gasteiger partial charge in [-0.1, -0.05) is 30.7 Å². The normalized spacial score (nSPS) is 33.4. The van der Waals surface area contributed by atoms with E-state index >= 15 is 0 Å². The fourth-order valence-corrected chi connectivity index (χ4v) is 11.5. The molecule has 1 saturated heterocycles. The van der Waals surface area contributed by atoms with Crippen LogP contribution in [0.25, 0.3) is 0 Å². The molecule has 10 nitrogen and oxygen atoms in total. The summed E-state index contributed by atoms with van der Waals surface area (Å²) in [4.78, 5) is 15.8. The molecule has 3 heterocycles. The number of amides is 1. The molecule has 2 fully saturated rings. The van der Waals surface area contributed by atoms with E-state index in [4.69, 9.17) is 16.3 Å². The molecule has 1 amide bonds. The third-order valence-electron chi connectivity index (χ3n) is 12.1. The highest BCUT2D eigenvalue weighted by molar-refractivity contribution is 7.91. The second-order valence-electron chi connectivity index (χ2n) is 15.5. The van der Waals surface area contributed by atoms with Gasteiger partial charge in [-0.15, -0.1) is 0 Å². The maximum absolute atomic E-state index is 13.5. The average molecular weight is 770 g/mol. The first kappa shape index (κ1) is 37.1. The van der Waals surface area contributed by atoms with Crippen molar-refractivity contribution in [1.29, 1.82) is 0 Å². The third-order valence-corrected chi connectivity index (χ3v) is 15.9. The summed E-state index contributed by atoms with van der Waals surface area (Å²) in [5.74, 6) is 2.90. The highest BCUT2D eigenvalue weighted by atomic mass is 35.5. The first-order valence-electron chi connectivity index (χ1n) is 18.5. The van der Waals surface area contributed by atoms with Gasteiger partial charge in [0.15, 0.2) is 0 Å². The number of rotatable bonds is 1. The Morgan fingerprint density at radius 1 is 1.00 bits per heavy atom. The Morgan fingerprint density at radius 2 is 1.77 bits per heavy atom. The van der Waals surface area contributed by atoms with Crippen LogP contribution in [0.15, 0.2) is 48.6 Å². The van der Waals surface area contributed by atoms with Crippen molar-refractivity contribution in [3.63, 3.8) is 0 Å². The van der Waals surface area contributed by atoms with Gasteiger partial charge in [0.1, 0.15) is 27.3 Å². The number of carbonyl (C=O) groups is 1. The predicted octanol–water partition coefficient (Wildman–Crippen LogP) is 5.16. The first-order valence-corrected chi connectivity index (χ1v) is 22.2. The van der Waals surface area contributed by atoms with Crippen molar-refractivity contribution < 1.29 is 31.5 Å². The van der Waals surface area contributed by atoms with Crippen LogP contribution in [0.2, 0.25) is 5.02 Å². The molecule has 3 N–H and O–H groups in total. The molecule has 1 unspecified atom stereocenters. The summed E-state index contributed by atoms with van der Waals surface area (Å²) >= 11 is 6.41. The van der Waals surface area contributed by atoms with E-state index in [2.05, 4.69) is 33.0 Å². The van der Waals surface area contributed by atoms with Crippen molar-refractivity contribution in [2.75, 3.05) is 29.5 Å². The van der Waals surface area contributed by atoms with Crippen LogP contribution in [-0.2, 0) is 26.3 Å². The lowest BCUT2D eigenvalue weighted by molar-refractivity contribution is -0.00329. The number of halogens is 1. The Hall–Kier alpha value is -3.24. The van der Waals surface area contributed by atoms with Gasteiger partial charge in [0.05, 0.1) is 22.4 Å². The summed E-state index contributed by atoms with van der Waals surface area (Å²) in [7, 11) is -7.06. The number of carbonyl (C=O) groups excluding carboxylic acids is 1. The van der Waals surface area contributed by atoms with E-state index in [0.717, 1.165) is 37.7 Å². The number of hydrogen-bond acceptors (Lipinski definition) is 9. The number of ether oxygens (including phenoxy) is 1. The fourth-order valence-electron chi connectivity index (χ4n) is 8.49.